The summed E-state index contributed by atoms with van der Waals surface area (Å²) in [6.07, 6.45) is 1.53. The number of aryl methyl sites for hydroxylation is 2. The number of benzene rings is 3. The molecule has 0 saturated carbocycles. The van der Waals surface area contributed by atoms with Crippen molar-refractivity contribution < 1.29 is 19.1 Å². The van der Waals surface area contributed by atoms with E-state index < -0.39 is 11.5 Å². The van der Waals surface area contributed by atoms with Crippen LogP contribution in [-0.2, 0) is 26.3 Å². The number of methoxy groups -OCH3 is 1. The van der Waals surface area contributed by atoms with Crippen LogP contribution in [0.25, 0.3) is 10.9 Å². The van der Waals surface area contributed by atoms with Crippen molar-refractivity contribution in [3.8, 4) is 5.75 Å². The molecule has 1 aliphatic heterocycles. The first-order valence-corrected chi connectivity index (χ1v) is 11.2. The van der Waals surface area contributed by atoms with Gasteiger partial charge in [0, 0.05) is 28.4 Å². The van der Waals surface area contributed by atoms with Gasteiger partial charge in [-0.3, -0.25) is 4.79 Å². The third-order valence-electron chi connectivity index (χ3n) is 6.61. The molecule has 3 aromatic carbocycles. The Morgan fingerprint density at radius 3 is 2.44 bits per heavy atom. The normalized spacial score (nSPS) is 17.9. The van der Waals surface area contributed by atoms with Gasteiger partial charge in [-0.2, -0.15) is 0 Å². The molecular weight excluding hydrogens is 428 g/mol. The molecule has 172 valence electrons. The second kappa shape index (κ2) is 8.47. The van der Waals surface area contributed by atoms with Crippen molar-refractivity contribution in [1.29, 1.82) is 0 Å². The molecule has 6 heteroatoms. The van der Waals surface area contributed by atoms with E-state index in [0.29, 0.717) is 5.69 Å². The number of aromatic nitrogens is 1. The van der Waals surface area contributed by atoms with Crippen LogP contribution < -0.4 is 10.1 Å². The first-order chi connectivity index (χ1) is 16.5. The molecule has 1 aliphatic rings. The van der Waals surface area contributed by atoms with E-state index in [4.69, 9.17) is 9.47 Å². The van der Waals surface area contributed by atoms with E-state index in [1.165, 1.54) is 0 Å². The van der Waals surface area contributed by atoms with Gasteiger partial charge in [-0.25, -0.2) is 0 Å². The van der Waals surface area contributed by atoms with Gasteiger partial charge in [0.1, 0.15) is 17.3 Å². The third-order valence-corrected chi connectivity index (χ3v) is 6.61. The Bertz CT molecular complexity index is 1390. The van der Waals surface area contributed by atoms with Crippen LogP contribution in [0.2, 0.25) is 0 Å². The Hall–Kier alpha value is -3.90. The van der Waals surface area contributed by atoms with Gasteiger partial charge in [-0.15, -0.1) is 0 Å². The van der Waals surface area contributed by atoms with E-state index in [-0.39, 0.29) is 12.5 Å². The second-order valence-electron chi connectivity index (χ2n) is 8.78. The predicted molar refractivity (Wildman–Crippen MR) is 131 cm³/mol. The Morgan fingerprint density at radius 2 is 1.71 bits per heavy atom. The molecule has 1 aromatic heterocycles. The number of aldehydes is 1. The molecule has 0 saturated heterocycles. The molecule has 2 N–H and O–H groups in total. The van der Waals surface area contributed by atoms with Gasteiger partial charge in [-0.05, 0) is 54.8 Å². The number of amides is 1. The Morgan fingerprint density at radius 1 is 0.971 bits per heavy atom. The van der Waals surface area contributed by atoms with Crippen molar-refractivity contribution in [2.24, 2.45) is 0 Å². The molecule has 0 spiro atoms. The fraction of sp³-hybridized carbons (Fsp3) is 0.214. The predicted octanol–water partition coefficient (Wildman–Crippen LogP) is 4.82. The van der Waals surface area contributed by atoms with Crippen LogP contribution >= 0.6 is 0 Å². The van der Waals surface area contributed by atoms with Crippen LogP contribution in [-0.4, -0.2) is 30.4 Å². The van der Waals surface area contributed by atoms with Crippen molar-refractivity contribution in [2.45, 2.75) is 32.0 Å². The van der Waals surface area contributed by atoms with Gasteiger partial charge in [0.2, 0.25) is 5.91 Å². The summed E-state index contributed by atoms with van der Waals surface area (Å²) in [4.78, 5) is 29.7. The molecule has 1 amide bonds. The smallest absolute Gasteiger partial charge is 0.242 e. The van der Waals surface area contributed by atoms with Gasteiger partial charge in [0.15, 0.2) is 6.29 Å². The summed E-state index contributed by atoms with van der Waals surface area (Å²) in [5.41, 5.74) is 4.70. The largest absolute Gasteiger partial charge is 0.497 e. The average molecular weight is 455 g/mol. The fourth-order valence-electron chi connectivity index (χ4n) is 4.88. The molecule has 4 aromatic rings. The molecule has 2 heterocycles. The maximum atomic E-state index is 13.8. The van der Waals surface area contributed by atoms with Gasteiger partial charge in [0.05, 0.1) is 13.7 Å². The zero-order valence-electron chi connectivity index (χ0n) is 19.3. The Labute approximate surface area is 197 Å². The number of rotatable bonds is 7. The number of carbonyl (C=O) groups excluding carboxylic acids is 2. The van der Waals surface area contributed by atoms with E-state index in [9.17, 15) is 9.59 Å². The minimum Gasteiger partial charge on any atom is -0.497 e. The molecule has 2 atom stereocenters. The van der Waals surface area contributed by atoms with Crippen molar-refractivity contribution in [3.05, 3.63) is 94.7 Å². The minimum absolute atomic E-state index is 0.172. The lowest BCUT2D eigenvalue weighted by Gasteiger charge is -2.33. The number of nitrogens with one attached hydrogen (secondary N) is 2. The number of hydrogen-bond donors (Lipinski definition) is 2. The van der Waals surface area contributed by atoms with Crippen molar-refractivity contribution >= 4 is 28.8 Å². The maximum absolute atomic E-state index is 13.8. The molecule has 0 bridgehead atoms. The van der Waals surface area contributed by atoms with Crippen molar-refractivity contribution in [1.82, 2.24) is 4.98 Å². The highest BCUT2D eigenvalue weighted by Crippen LogP contribution is 2.48. The lowest BCUT2D eigenvalue weighted by molar-refractivity contribution is -0.133. The molecule has 0 fully saturated rings. The lowest BCUT2D eigenvalue weighted by Crippen LogP contribution is -2.48. The van der Waals surface area contributed by atoms with Crippen LogP contribution in [0.1, 0.15) is 27.8 Å². The lowest BCUT2D eigenvalue weighted by atomic mass is 9.71. The van der Waals surface area contributed by atoms with Gasteiger partial charge >= 0.3 is 0 Å². The monoisotopic (exact) mass is 454 g/mol. The number of H-pyrrole nitrogens is 1. The molecule has 5 rings (SSSR count). The SMILES string of the molecule is COc1ccc(COC(C=O)C2(c3c[nH]c4cc(C)ccc34)C(=O)Nc3ccc(C)cc32)cc1. The maximum Gasteiger partial charge on any atom is 0.242 e. The summed E-state index contributed by atoms with van der Waals surface area (Å²) in [7, 11) is 1.61. The van der Waals surface area contributed by atoms with Crippen LogP contribution in [0.5, 0.6) is 5.75 Å². The summed E-state index contributed by atoms with van der Waals surface area (Å²) < 4.78 is 11.4. The summed E-state index contributed by atoms with van der Waals surface area (Å²) >= 11 is 0. The number of fused-ring (bicyclic) bond motifs is 2. The Balaban J connectivity index is 1.66. The van der Waals surface area contributed by atoms with Crippen LogP contribution in [0.3, 0.4) is 0 Å². The first kappa shape index (κ1) is 21.9. The quantitative estimate of drug-likeness (QED) is 0.393. The molecule has 34 heavy (non-hydrogen) atoms. The van der Waals surface area contributed by atoms with Gasteiger partial charge in [-0.1, -0.05) is 42.0 Å². The number of aromatic amines is 1. The van der Waals surface area contributed by atoms with Crippen LogP contribution in [0.4, 0.5) is 5.69 Å². The van der Waals surface area contributed by atoms with Crippen molar-refractivity contribution in [3.63, 3.8) is 0 Å². The van der Waals surface area contributed by atoms with Gasteiger partial charge in [0.25, 0.3) is 0 Å². The molecule has 0 aliphatic carbocycles. The average Bonchev–Trinajstić information content (AvgIpc) is 3.38. The molecule has 0 radical (unpaired) electrons. The highest BCUT2D eigenvalue weighted by atomic mass is 16.5. The number of carbonyl (C=O) groups is 2. The van der Waals surface area contributed by atoms with Gasteiger partial charge < -0.3 is 24.6 Å². The van der Waals surface area contributed by atoms with E-state index in [1.54, 1.807) is 7.11 Å². The van der Waals surface area contributed by atoms with Crippen LogP contribution in [0, 0.1) is 13.8 Å². The number of hydrogen-bond acceptors (Lipinski definition) is 4. The molecule has 6 nitrogen and oxygen atoms in total. The highest BCUT2D eigenvalue weighted by Gasteiger charge is 2.55. The van der Waals surface area contributed by atoms with E-state index in [2.05, 4.69) is 10.3 Å². The Kier molecular flexibility index (Phi) is 5.46. The standard InChI is InChI=1S/C28H26N2O4/c1-17-5-11-24-22(12-17)28(27(32)30-24,23-14-29-25-13-18(2)4-10-21(23)25)26(15-31)34-16-19-6-8-20(33-3)9-7-19/h4-15,26,29H,16H2,1-3H3,(H,30,32). The number of anilines is 1. The fourth-order valence-corrected chi connectivity index (χ4v) is 4.88. The van der Waals surface area contributed by atoms with Crippen LogP contribution in [0.15, 0.2) is 66.9 Å². The topological polar surface area (TPSA) is 80.4 Å². The molecule has 2 unspecified atom stereocenters. The van der Waals surface area contributed by atoms with E-state index >= 15 is 0 Å². The summed E-state index contributed by atoms with van der Waals surface area (Å²) in [5, 5.41) is 3.88. The highest BCUT2D eigenvalue weighted by molar-refractivity contribution is 6.13. The summed E-state index contributed by atoms with van der Waals surface area (Å²) in [5.74, 6) is 0.460. The zero-order valence-corrected chi connectivity index (χ0v) is 19.3. The zero-order chi connectivity index (χ0) is 23.9. The second-order valence-corrected chi connectivity index (χ2v) is 8.78. The third kappa shape index (κ3) is 3.38. The first-order valence-electron chi connectivity index (χ1n) is 11.2. The van der Waals surface area contributed by atoms with Crippen molar-refractivity contribution in [2.75, 3.05) is 12.4 Å². The van der Waals surface area contributed by atoms with E-state index in [0.717, 1.165) is 50.8 Å². The molecular formula is C28H26N2O4. The minimum atomic E-state index is -1.33. The van der Waals surface area contributed by atoms with E-state index in [1.807, 2.05) is 80.7 Å². The summed E-state index contributed by atoms with van der Waals surface area (Å²) in [6.45, 7) is 4.16. The number of ether oxygens (including phenoxy) is 2. The summed E-state index contributed by atoms with van der Waals surface area (Å²) in [6, 6.07) is 19.3.